The highest BCUT2D eigenvalue weighted by Crippen LogP contribution is 2.23. The number of amides is 1. The lowest BCUT2D eigenvalue weighted by Gasteiger charge is -2.33. The summed E-state index contributed by atoms with van der Waals surface area (Å²) >= 11 is 0. The van der Waals surface area contributed by atoms with Crippen LogP contribution in [0.3, 0.4) is 0 Å². The van der Waals surface area contributed by atoms with Gasteiger partial charge in [0.25, 0.3) is 0 Å². The molecule has 1 aliphatic rings. The second-order valence-corrected chi connectivity index (χ2v) is 9.73. The molecule has 2 aromatic rings. The lowest BCUT2D eigenvalue weighted by atomic mass is 10.0. The first-order valence-electron chi connectivity index (χ1n) is 11.2. The van der Waals surface area contributed by atoms with Gasteiger partial charge in [0.05, 0.1) is 18.0 Å². The predicted octanol–water partition coefficient (Wildman–Crippen LogP) is 3.16. The van der Waals surface area contributed by atoms with Crippen LogP contribution in [0.15, 0.2) is 47.4 Å². The van der Waals surface area contributed by atoms with Crippen molar-refractivity contribution in [1.29, 1.82) is 0 Å². The van der Waals surface area contributed by atoms with Crippen molar-refractivity contribution in [2.45, 2.75) is 38.5 Å². The Morgan fingerprint density at radius 1 is 0.938 bits per heavy atom. The number of carbonyl (C=O) groups is 1. The number of carbonyl (C=O) groups excluding carboxylic acids is 1. The molecule has 7 nitrogen and oxygen atoms in total. The normalized spacial score (nSPS) is 15.5. The number of rotatable bonds is 9. The Morgan fingerprint density at radius 3 is 2.06 bits per heavy atom. The second kappa shape index (κ2) is 10.9. The molecule has 0 saturated carbocycles. The van der Waals surface area contributed by atoms with Gasteiger partial charge in [0.15, 0.2) is 0 Å². The Bertz CT molecular complexity index is 992. The van der Waals surface area contributed by atoms with E-state index in [1.165, 1.54) is 4.31 Å². The summed E-state index contributed by atoms with van der Waals surface area (Å²) in [5, 5.41) is 3.09. The minimum absolute atomic E-state index is 0.0663. The maximum absolute atomic E-state index is 13.0. The highest BCUT2D eigenvalue weighted by atomic mass is 32.2. The van der Waals surface area contributed by atoms with Gasteiger partial charge in [0.1, 0.15) is 5.75 Å². The Kier molecular flexibility index (Phi) is 8.28. The summed E-state index contributed by atoms with van der Waals surface area (Å²) < 4.78 is 32.8. The second-order valence-electron chi connectivity index (χ2n) is 7.79. The van der Waals surface area contributed by atoms with Gasteiger partial charge in [-0.05, 0) is 55.2 Å². The van der Waals surface area contributed by atoms with Gasteiger partial charge in [-0.15, -0.1) is 0 Å². The van der Waals surface area contributed by atoms with Crippen molar-refractivity contribution in [3.05, 3.63) is 53.6 Å². The zero-order valence-corrected chi connectivity index (χ0v) is 20.0. The molecule has 0 atom stereocenters. The number of nitrogens with zero attached hydrogens (tertiary/aromatic N) is 2. The van der Waals surface area contributed by atoms with Gasteiger partial charge >= 0.3 is 0 Å². The first kappa shape index (κ1) is 24.2. The monoisotopic (exact) mass is 459 g/mol. The van der Waals surface area contributed by atoms with Gasteiger partial charge < -0.3 is 10.1 Å². The quantitative estimate of drug-likeness (QED) is 0.623. The highest BCUT2D eigenvalue weighted by molar-refractivity contribution is 7.89. The number of ether oxygens (including phenoxy) is 1. The average molecular weight is 460 g/mol. The first-order chi connectivity index (χ1) is 15.4. The molecule has 0 unspecified atom stereocenters. The van der Waals surface area contributed by atoms with Gasteiger partial charge in [-0.3, -0.25) is 9.69 Å². The van der Waals surface area contributed by atoms with E-state index in [1.807, 2.05) is 30.0 Å². The van der Waals surface area contributed by atoms with Crippen molar-refractivity contribution in [3.63, 3.8) is 0 Å². The summed E-state index contributed by atoms with van der Waals surface area (Å²) in [4.78, 5) is 15.0. The molecule has 1 heterocycles. The molecule has 2 aromatic carbocycles. The third kappa shape index (κ3) is 5.68. The Hall–Kier alpha value is -2.42. The summed E-state index contributed by atoms with van der Waals surface area (Å²) in [7, 11) is -3.56. The average Bonchev–Trinajstić information content (AvgIpc) is 2.80. The van der Waals surface area contributed by atoms with E-state index in [-0.39, 0.29) is 17.3 Å². The minimum atomic E-state index is -3.56. The van der Waals surface area contributed by atoms with Crippen LogP contribution in [0.1, 0.15) is 31.9 Å². The van der Waals surface area contributed by atoms with E-state index in [1.54, 1.807) is 24.3 Å². The number of sulfonamides is 1. The van der Waals surface area contributed by atoms with E-state index in [4.69, 9.17) is 4.74 Å². The van der Waals surface area contributed by atoms with Crippen LogP contribution in [0, 0.1) is 0 Å². The molecule has 1 aliphatic heterocycles. The van der Waals surface area contributed by atoms with Crippen molar-refractivity contribution in [1.82, 2.24) is 9.21 Å². The standard InChI is InChI=1S/C24H33N3O4S/c1-4-19-8-7-9-20(5-2)24(19)25-23(28)18-26-14-16-27(17-15-26)32(29,30)22-12-10-21(11-13-22)31-6-3/h7-13H,4-6,14-18H2,1-3H3,(H,25,28). The van der Waals surface area contributed by atoms with Crippen molar-refractivity contribution < 1.29 is 17.9 Å². The van der Waals surface area contributed by atoms with E-state index in [9.17, 15) is 13.2 Å². The van der Waals surface area contributed by atoms with Crippen LogP contribution in [0.5, 0.6) is 5.75 Å². The van der Waals surface area contributed by atoms with Crippen molar-refractivity contribution >= 4 is 21.6 Å². The zero-order valence-electron chi connectivity index (χ0n) is 19.1. The van der Waals surface area contributed by atoms with Crippen LogP contribution in [0.25, 0.3) is 0 Å². The van der Waals surface area contributed by atoms with Crippen LogP contribution in [0.2, 0.25) is 0 Å². The molecule has 0 bridgehead atoms. The molecule has 0 aromatic heterocycles. The van der Waals surface area contributed by atoms with E-state index in [2.05, 4.69) is 19.2 Å². The van der Waals surface area contributed by atoms with Gasteiger partial charge in [0.2, 0.25) is 15.9 Å². The summed E-state index contributed by atoms with van der Waals surface area (Å²) in [5.41, 5.74) is 3.17. The fourth-order valence-corrected chi connectivity index (χ4v) is 5.36. The SMILES string of the molecule is CCOc1ccc(S(=O)(=O)N2CCN(CC(=O)Nc3c(CC)cccc3CC)CC2)cc1. The van der Waals surface area contributed by atoms with Crippen LogP contribution in [0.4, 0.5) is 5.69 Å². The highest BCUT2D eigenvalue weighted by Gasteiger charge is 2.29. The minimum Gasteiger partial charge on any atom is -0.494 e. The topological polar surface area (TPSA) is 79.0 Å². The van der Waals surface area contributed by atoms with Crippen LogP contribution in [-0.4, -0.2) is 62.9 Å². The zero-order chi connectivity index (χ0) is 23.1. The number of hydrogen-bond donors (Lipinski definition) is 1. The van der Waals surface area contributed by atoms with Crippen LogP contribution in [-0.2, 0) is 27.7 Å². The lowest BCUT2D eigenvalue weighted by molar-refractivity contribution is -0.117. The maximum Gasteiger partial charge on any atom is 0.243 e. The fraction of sp³-hybridized carbons (Fsp3) is 0.458. The number of aryl methyl sites for hydroxylation is 2. The number of para-hydroxylation sites is 1. The molecule has 0 aliphatic carbocycles. The smallest absolute Gasteiger partial charge is 0.243 e. The van der Waals surface area contributed by atoms with Crippen LogP contribution < -0.4 is 10.1 Å². The molecular weight excluding hydrogens is 426 g/mol. The Morgan fingerprint density at radius 2 is 1.53 bits per heavy atom. The van der Waals surface area contributed by atoms with Gasteiger partial charge in [-0.25, -0.2) is 8.42 Å². The number of anilines is 1. The molecular formula is C24H33N3O4S. The Balaban J connectivity index is 1.57. The van der Waals surface area contributed by atoms with Crippen LogP contribution >= 0.6 is 0 Å². The van der Waals surface area contributed by atoms with E-state index >= 15 is 0 Å². The molecule has 1 fully saturated rings. The van der Waals surface area contributed by atoms with E-state index in [0.29, 0.717) is 38.5 Å². The van der Waals surface area contributed by atoms with Crippen molar-refractivity contribution in [3.8, 4) is 5.75 Å². The fourth-order valence-electron chi connectivity index (χ4n) is 3.94. The molecule has 3 rings (SSSR count). The number of hydrogen-bond acceptors (Lipinski definition) is 5. The van der Waals surface area contributed by atoms with E-state index in [0.717, 1.165) is 29.7 Å². The van der Waals surface area contributed by atoms with Gasteiger partial charge in [0, 0.05) is 31.9 Å². The number of nitrogens with one attached hydrogen (secondary N) is 1. The van der Waals surface area contributed by atoms with Crippen molar-refractivity contribution in [2.24, 2.45) is 0 Å². The first-order valence-corrected chi connectivity index (χ1v) is 12.7. The summed E-state index contributed by atoms with van der Waals surface area (Å²) in [5.74, 6) is 0.585. The van der Waals surface area contributed by atoms with Gasteiger partial charge in [-0.1, -0.05) is 32.0 Å². The summed E-state index contributed by atoms with van der Waals surface area (Å²) in [6, 6.07) is 12.6. The molecule has 174 valence electrons. The third-order valence-corrected chi connectivity index (χ3v) is 7.65. The predicted molar refractivity (Wildman–Crippen MR) is 127 cm³/mol. The number of benzene rings is 2. The number of piperazine rings is 1. The largest absolute Gasteiger partial charge is 0.494 e. The molecule has 1 N–H and O–H groups in total. The van der Waals surface area contributed by atoms with Crippen molar-refractivity contribution in [2.75, 3.05) is 44.6 Å². The van der Waals surface area contributed by atoms with E-state index < -0.39 is 10.0 Å². The molecule has 8 heteroatoms. The lowest BCUT2D eigenvalue weighted by Crippen LogP contribution is -2.50. The molecule has 32 heavy (non-hydrogen) atoms. The third-order valence-electron chi connectivity index (χ3n) is 5.73. The molecule has 0 spiro atoms. The molecule has 1 saturated heterocycles. The Labute approximate surface area is 191 Å². The van der Waals surface area contributed by atoms with Gasteiger partial charge in [-0.2, -0.15) is 4.31 Å². The molecule has 1 amide bonds. The molecule has 0 radical (unpaired) electrons. The summed E-state index contributed by atoms with van der Waals surface area (Å²) in [6.07, 6.45) is 1.71. The maximum atomic E-state index is 13.0. The summed E-state index contributed by atoms with van der Waals surface area (Å²) in [6.45, 7) is 8.56.